The SMILES string of the molecule is Cc1ccc(N2C(=O)S[C@@H](Nc3ccccc3C)C2=O)cc1. The standard InChI is InChI=1S/C17H16N2O2S/c1-11-7-9-13(10-8-11)19-16(20)15(22-17(19)21)18-14-6-4-3-5-12(14)2/h3-10,15,18H,1-2H3/t15-/m1/s1. The van der Waals surface area contributed by atoms with Crippen LogP contribution in [0.25, 0.3) is 0 Å². The van der Waals surface area contributed by atoms with Crippen molar-refractivity contribution in [3.63, 3.8) is 0 Å². The Morgan fingerprint density at radius 1 is 1.00 bits per heavy atom. The number of thioether (sulfide) groups is 1. The quantitative estimate of drug-likeness (QED) is 0.932. The van der Waals surface area contributed by atoms with Gasteiger partial charge >= 0.3 is 0 Å². The maximum atomic E-state index is 12.5. The molecule has 1 aliphatic rings. The molecule has 3 rings (SSSR count). The summed E-state index contributed by atoms with van der Waals surface area (Å²) in [5.41, 5.74) is 3.61. The Kier molecular flexibility index (Phi) is 3.90. The fraction of sp³-hybridized carbons (Fsp3) is 0.176. The highest BCUT2D eigenvalue weighted by Crippen LogP contribution is 2.33. The van der Waals surface area contributed by atoms with Crippen LogP contribution in [0.2, 0.25) is 0 Å². The number of hydrogen-bond acceptors (Lipinski definition) is 4. The molecule has 2 aromatic rings. The third-order valence-electron chi connectivity index (χ3n) is 3.57. The molecular formula is C17H16N2O2S. The molecule has 112 valence electrons. The third kappa shape index (κ3) is 2.72. The number of amides is 2. The summed E-state index contributed by atoms with van der Waals surface area (Å²) in [4.78, 5) is 26.0. The summed E-state index contributed by atoms with van der Waals surface area (Å²) in [6.07, 6.45) is 0. The Morgan fingerprint density at radius 2 is 1.68 bits per heavy atom. The van der Waals surface area contributed by atoms with Crippen molar-refractivity contribution in [3.05, 3.63) is 59.7 Å². The molecule has 0 unspecified atom stereocenters. The van der Waals surface area contributed by atoms with Gasteiger partial charge in [0.25, 0.3) is 11.1 Å². The molecule has 1 atom stereocenters. The molecule has 1 N–H and O–H groups in total. The van der Waals surface area contributed by atoms with Crippen molar-refractivity contribution in [2.45, 2.75) is 19.2 Å². The topological polar surface area (TPSA) is 49.4 Å². The van der Waals surface area contributed by atoms with Crippen LogP contribution in [0.1, 0.15) is 11.1 Å². The maximum absolute atomic E-state index is 12.5. The lowest BCUT2D eigenvalue weighted by molar-refractivity contribution is -0.116. The number of anilines is 2. The fourth-order valence-corrected chi connectivity index (χ4v) is 3.20. The van der Waals surface area contributed by atoms with Gasteiger partial charge in [0.1, 0.15) is 0 Å². The fourth-order valence-electron chi connectivity index (χ4n) is 2.30. The molecule has 0 spiro atoms. The molecule has 0 aromatic heterocycles. The minimum Gasteiger partial charge on any atom is -0.365 e. The molecule has 0 saturated carbocycles. The average molecular weight is 312 g/mol. The zero-order valence-corrected chi connectivity index (χ0v) is 13.2. The van der Waals surface area contributed by atoms with Crippen LogP contribution in [-0.2, 0) is 4.79 Å². The number of imide groups is 1. The Balaban J connectivity index is 1.82. The van der Waals surface area contributed by atoms with E-state index in [0.717, 1.165) is 28.6 Å². The molecule has 0 aliphatic carbocycles. The lowest BCUT2D eigenvalue weighted by Gasteiger charge is -2.16. The highest BCUT2D eigenvalue weighted by molar-refractivity contribution is 8.16. The van der Waals surface area contributed by atoms with E-state index in [1.807, 2.05) is 50.2 Å². The molecular weight excluding hydrogens is 296 g/mol. The normalized spacial score (nSPS) is 17.9. The van der Waals surface area contributed by atoms with E-state index in [-0.39, 0.29) is 11.1 Å². The zero-order chi connectivity index (χ0) is 15.7. The summed E-state index contributed by atoms with van der Waals surface area (Å²) in [7, 11) is 0. The van der Waals surface area contributed by atoms with Crippen molar-refractivity contribution in [1.82, 2.24) is 0 Å². The van der Waals surface area contributed by atoms with E-state index in [9.17, 15) is 9.59 Å². The van der Waals surface area contributed by atoms with Gasteiger partial charge in [-0.1, -0.05) is 35.9 Å². The van der Waals surface area contributed by atoms with Gasteiger partial charge in [-0.15, -0.1) is 0 Å². The number of benzene rings is 2. The number of para-hydroxylation sites is 1. The number of nitrogens with zero attached hydrogens (tertiary/aromatic N) is 1. The van der Waals surface area contributed by atoms with Gasteiger partial charge in [0, 0.05) is 5.69 Å². The van der Waals surface area contributed by atoms with Gasteiger partial charge in [0.2, 0.25) is 0 Å². The molecule has 2 aromatic carbocycles. The Morgan fingerprint density at radius 3 is 2.36 bits per heavy atom. The first-order chi connectivity index (χ1) is 10.6. The molecule has 5 heteroatoms. The summed E-state index contributed by atoms with van der Waals surface area (Å²) in [6.45, 7) is 3.93. The Bertz CT molecular complexity index is 728. The molecule has 1 aliphatic heterocycles. The lowest BCUT2D eigenvalue weighted by Crippen LogP contribution is -2.34. The first-order valence-electron chi connectivity index (χ1n) is 6.99. The summed E-state index contributed by atoms with van der Waals surface area (Å²) in [5.74, 6) is -0.234. The van der Waals surface area contributed by atoms with Crippen LogP contribution in [0.15, 0.2) is 48.5 Å². The number of hydrogen-bond donors (Lipinski definition) is 1. The number of aryl methyl sites for hydroxylation is 2. The van der Waals surface area contributed by atoms with Crippen LogP contribution in [-0.4, -0.2) is 16.5 Å². The van der Waals surface area contributed by atoms with Crippen LogP contribution in [0.4, 0.5) is 16.2 Å². The maximum Gasteiger partial charge on any atom is 0.295 e. The van der Waals surface area contributed by atoms with Gasteiger partial charge in [0.15, 0.2) is 5.37 Å². The summed E-state index contributed by atoms with van der Waals surface area (Å²) in [5, 5.41) is 2.31. The van der Waals surface area contributed by atoms with Crippen LogP contribution in [0.3, 0.4) is 0 Å². The molecule has 1 fully saturated rings. The summed E-state index contributed by atoms with van der Waals surface area (Å²) < 4.78 is 0. The smallest absolute Gasteiger partial charge is 0.295 e. The largest absolute Gasteiger partial charge is 0.365 e. The second kappa shape index (κ2) is 5.85. The van der Waals surface area contributed by atoms with Crippen molar-refractivity contribution in [1.29, 1.82) is 0 Å². The minimum absolute atomic E-state index is 0.234. The first-order valence-corrected chi connectivity index (χ1v) is 7.87. The predicted octanol–water partition coefficient (Wildman–Crippen LogP) is 3.94. The number of carbonyl (C=O) groups is 2. The lowest BCUT2D eigenvalue weighted by atomic mass is 10.2. The highest BCUT2D eigenvalue weighted by atomic mass is 32.2. The molecule has 1 saturated heterocycles. The minimum atomic E-state index is -0.588. The van der Waals surface area contributed by atoms with E-state index < -0.39 is 5.37 Å². The second-order valence-electron chi connectivity index (χ2n) is 5.23. The molecule has 1 heterocycles. The van der Waals surface area contributed by atoms with Crippen molar-refractivity contribution in [2.75, 3.05) is 10.2 Å². The average Bonchev–Trinajstić information content (AvgIpc) is 2.77. The monoisotopic (exact) mass is 312 g/mol. The van der Waals surface area contributed by atoms with E-state index in [0.29, 0.717) is 5.69 Å². The molecule has 0 radical (unpaired) electrons. The number of nitrogens with one attached hydrogen (secondary N) is 1. The van der Waals surface area contributed by atoms with Crippen molar-refractivity contribution in [3.8, 4) is 0 Å². The number of carbonyl (C=O) groups excluding carboxylic acids is 2. The predicted molar refractivity (Wildman–Crippen MR) is 90.2 cm³/mol. The molecule has 22 heavy (non-hydrogen) atoms. The van der Waals surface area contributed by atoms with E-state index in [4.69, 9.17) is 0 Å². The van der Waals surface area contributed by atoms with Gasteiger partial charge in [-0.3, -0.25) is 9.59 Å². The zero-order valence-electron chi connectivity index (χ0n) is 12.4. The van der Waals surface area contributed by atoms with Crippen LogP contribution in [0.5, 0.6) is 0 Å². The van der Waals surface area contributed by atoms with E-state index >= 15 is 0 Å². The van der Waals surface area contributed by atoms with Crippen molar-refractivity contribution < 1.29 is 9.59 Å². The van der Waals surface area contributed by atoms with Gasteiger partial charge in [0.05, 0.1) is 5.69 Å². The van der Waals surface area contributed by atoms with E-state index in [1.54, 1.807) is 12.1 Å². The van der Waals surface area contributed by atoms with Crippen LogP contribution < -0.4 is 10.2 Å². The number of rotatable bonds is 3. The Labute approximate surface area is 133 Å². The van der Waals surface area contributed by atoms with Crippen LogP contribution in [0, 0.1) is 13.8 Å². The summed E-state index contributed by atoms with van der Waals surface area (Å²) in [6, 6.07) is 15.1. The third-order valence-corrected chi connectivity index (χ3v) is 4.51. The van der Waals surface area contributed by atoms with E-state index in [1.165, 1.54) is 4.90 Å². The molecule has 2 amide bonds. The highest BCUT2D eigenvalue weighted by Gasteiger charge is 2.40. The van der Waals surface area contributed by atoms with Gasteiger partial charge in [-0.05, 0) is 49.4 Å². The van der Waals surface area contributed by atoms with Crippen molar-refractivity contribution >= 4 is 34.3 Å². The molecule has 0 bridgehead atoms. The second-order valence-corrected chi connectivity index (χ2v) is 6.29. The first kappa shape index (κ1) is 14.7. The summed E-state index contributed by atoms with van der Waals surface area (Å²) >= 11 is 1.01. The van der Waals surface area contributed by atoms with E-state index in [2.05, 4.69) is 5.32 Å². The molecule has 4 nitrogen and oxygen atoms in total. The Hall–Kier alpha value is -2.27. The van der Waals surface area contributed by atoms with Crippen LogP contribution >= 0.6 is 11.8 Å². The van der Waals surface area contributed by atoms with Gasteiger partial charge in [-0.2, -0.15) is 0 Å². The van der Waals surface area contributed by atoms with Gasteiger partial charge < -0.3 is 5.32 Å². The van der Waals surface area contributed by atoms with Crippen molar-refractivity contribution in [2.24, 2.45) is 0 Å². The van der Waals surface area contributed by atoms with Gasteiger partial charge in [-0.25, -0.2) is 4.90 Å².